The van der Waals surface area contributed by atoms with Crippen LogP contribution in [-0.4, -0.2) is 31.5 Å². The van der Waals surface area contributed by atoms with Crippen LogP contribution in [0, 0.1) is 6.92 Å². The lowest BCUT2D eigenvalue weighted by molar-refractivity contribution is 0.101. The van der Waals surface area contributed by atoms with Gasteiger partial charge in [0.05, 0.1) is 0 Å². The van der Waals surface area contributed by atoms with E-state index in [2.05, 4.69) is 30.9 Å². The number of hydrogen-bond donors (Lipinski definition) is 2. The molecule has 0 bridgehead atoms. The zero-order chi connectivity index (χ0) is 15.5. The molecule has 0 fully saturated rings. The number of aromatic amines is 1. The maximum absolute atomic E-state index is 12.0. The first kappa shape index (κ1) is 14.3. The number of aromatic nitrogens is 5. The Labute approximate surface area is 130 Å². The third-order valence-corrected chi connectivity index (χ3v) is 4.35. The Morgan fingerprint density at radius 1 is 1.32 bits per heavy atom. The molecule has 0 radical (unpaired) electrons. The van der Waals surface area contributed by atoms with E-state index in [0.29, 0.717) is 5.82 Å². The number of carbonyl (C=O) groups excluding carboxylic acids is 1. The van der Waals surface area contributed by atoms with Gasteiger partial charge in [-0.2, -0.15) is 5.21 Å². The summed E-state index contributed by atoms with van der Waals surface area (Å²) in [5, 5.41) is 16.6. The van der Waals surface area contributed by atoms with Crippen molar-refractivity contribution in [3.63, 3.8) is 0 Å². The second-order valence-corrected chi connectivity index (χ2v) is 5.78. The number of thiazole rings is 1. The molecular formula is C14H14N6OS. The van der Waals surface area contributed by atoms with E-state index in [1.165, 1.54) is 5.56 Å². The van der Waals surface area contributed by atoms with Crippen molar-refractivity contribution in [2.24, 2.45) is 0 Å². The van der Waals surface area contributed by atoms with Crippen molar-refractivity contribution in [3.05, 3.63) is 40.5 Å². The molecule has 7 nitrogen and oxygen atoms in total. The number of nitrogens with one attached hydrogen (secondary N) is 2. The van der Waals surface area contributed by atoms with E-state index in [-0.39, 0.29) is 5.82 Å². The molecular weight excluding hydrogens is 300 g/mol. The highest BCUT2D eigenvalue weighted by molar-refractivity contribution is 7.15. The lowest BCUT2D eigenvalue weighted by atomic mass is 10.2. The van der Waals surface area contributed by atoms with Crippen molar-refractivity contribution in [1.29, 1.82) is 0 Å². The summed E-state index contributed by atoms with van der Waals surface area (Å²) in [4.78, 5) is 17.5. The smallest absolute Gasteiger partial charge is 0.298 e. The fourth-order valence-corrected chi connectivity index (χ4v) is 2.89. The zero-order valence-corrected chi connectivity index (χ0v) is 12.9. The Morgan fingerprint density at radius 3 is 2.73 bits per heavy atom. The van der Waals surface area contributed by atoms with Crippen LogP contribution in [0.25, 0.3) is 10.6 Å². The fourth-order valence-electron chi connectivity index (χ4n) is 1.93. The van der Waals surface area contributed by atoms with Crippen molar-refractivity contribution in [2.75, 3.05) is 5.32 Å². The van der Waals surface area contributed by atoms with Crippen molar-refractivity contribution >= 4 is 23.1 Å². The molecule has 0 aliphatic rings. The number of carbonyl (C=O) groups is 1. The Morgan fingerprint density at radius 2 is 2.09 bits per heavy atom. The molecule has 0 atom stereocenters. The monoisotopic (exact) mass is 314 g/mol. The summed E-state index contributed by atoms with van der Waals surface area (Å²) in [6, 6.07) is 8.14. The van der Waals surface area contributed by atoms with Gasteiger partial charge in [0.2, 0.25) is 0 Å². The molecule has 0 spiro atoms. The highest BCUT2D eigenvalue weighted by Gasteiger charge is 2.17. The summed E-state index contributed by atoms with van der Waals surface area (Å²) in [6.07, 6.45) is 0.783. The molecule has 2 heterocycles. The minimum absolute atomic E-state index is 0.00746. The average molecular weight is 314 g/mol. The third-order valence-electron chi connectivity index (χ3n) is 3.10. The fraction of sp³-hybridized carbons (Fsp3) is 0.214. The molecule has 3 rings (SSSR count). The number of anilines is 1. The van der Waals surface area contributed by atoms with Crippen LogP contribution >= 0.6 is 11.3 Å². The average Bonchev–Trinajstić information content (AvgIpc) is 3.17. The van der Waals surface area contributed by atoms with E-state index in [1.54, 1.807) is 11.3 Å². The van der Waals surface area contributed by atoms with Gasteiger partial charge < -0.3 is 5.32 Å². The van der Waals surface area contributed by atoms with E-state index in [9.17, 15) is 4.79 Å². The minimum atomic E-state index is -0.427. The molecule has 0 aliphatic carbocycles. The van der Waals surface area contributed by atoms with E-state index in [1.807, 2.05) is 38.1 Å². The lowest BCUT2D eigenvalue weighted by Gasteiger charge is -2.00. The molecule has 2 N–H and O–H groups in total. The van der Waals surface area contributed by atoms with Crippen LogP contribution in [0.15, 0.2) is 24.3 Å². The van der Waals surface area contributed by atoms with Crippen LogP contribution in [-0.2, 0) is 6.42 Å². The van der Waals surface area contributed by atoms with Crippen molar-refractivity contribution in [1.82, 2.24) is 25.6 Å². The quantitative estimate of drug-likeness (QED) is 0.771. The van der Waals surface area contributed by atoms with Crippen LogP contribution in [0.4, 0.5) is 5.82 Å². The molecule has 8 heteroatoms. The summed E-state index contributed by atoms with van der Waals surface area (Å²) in [5.74, 6) is 0.119. The predicted molar refractivity (Wildman–Crippen MR) is 83.8 cm³/mol. The highest BCUT2D eigenvalue weighted by Crippen LogP contribution is 2.31. The van der Waals surface area contributed by atoms with Gasteiger partial charge in [0.1, 0.15) is 10.8 Å². The van der Waals surface area contributed by atoms with E-state index < -0.39 is 5.91 Å². The Kier molecular flexibility index (Phi) is 3.92. The molecule has 3 aromatic rings. The van der Waals surface area contributed by atoms with Gasteiger partial charge in [0.15, 0.2) is 0 Å². The van der Waals surface area contributed by atoms with Crippen molar-refractivity contribution in [2.45, 2.75) is 20.3 Å². The predicted octanol–water partition coefficient (Wildman–Crippen LogP) is 2.45. The van der Waals surface area contributed by atoms with Crippen LogP contribution in [0.1, 0.15) is 28.0 Å². The van der Waals surface area contributed by atoms with Crippen molar-refractivity contribution in [3.8, 4) is 10.6 Å². The number of benzene rings is 1. The van der Waals surface area contributed by atoms with Crippen molar-refractivity contribution < 1.29 is 4.79 Å². The van der Waals surface area contributed by atoms with Gasteiger partial charge in [0.25, 0.3) is 11.7 Å². The van der Waals surface area contributed by atoms with Gasteiger partial charge in [-0.3, -0.25) is 4.79 Å². The lowest BCUT2D eigenvalue weighted by Crippen LogP contribution is -2.15. The summed E-state index contributed by atoms with van der Waals surface area (Å²) in [6.45, 7) is 4.07. The van der Waals surface area contributed by atoms with Crippen LogP contribution in [0.3, 0.4) is 0 Å². The number of aryl methyl sites for hydroxylation is 2. The Balaban J connectivity index is 1.88. The summed E-state index contributed by atoms with van der Waals surface area (Å²) in [7, 11) is 0. The number of hydrogen-bond acceptors (Lipinski definition) is 6. The molecule has 112 valence electrons. The van der Waals surface area contributed by atoms with E-state index in [4.69, 9.17) is 0 Å². The minimum Gasteiger partial charge on any atom is -0.303 e. The van der Waals surface area contributed by atoms with Gasteiger partial charge in [-0.25, -0.2) is 4.98 Å². The van der Waals surface area contributed by atoms with Gasteiger partial charge in [-0.1, -0.05) is 36.8 Å². The largest absolute Gasteiger partial charge is 0.303 e. The normalized spacial score (nSPS) is 10.6. The first-order valence-electron chi connectivity index (χ1n) is 6.79. The van der Waals surface area contributed by atoms with Gasteiger partial charge in [-0.05, 0) is 18.6 Å². The summed E-state index contributed by atoms with van der Waals surface area (Å²) >= 11 is 1.57. The highest BCUT2D eigenvalue weighted by atomic mass is 32.1. The molecule has 22 heavy (non-hydrogen) atoms. The number of H-pyrrole nitrogens is 1. The molecule has 0 saturated carbocycles. The Hall–Kier alpha value is -2.61. The molecule has 1 amide bonds. The summed E-state index contributed by atoms with van der Waals surface area (Å²) in [5.41, 5.74) is 2.23. The van der Waals surface area contributed by atoms with E-state index in [0.717, 1.165) is 21.9 Å². The first-order valence-corrected chi connectivity index (χ1v) is 7.60. The second-order valence-electron chi connectivity index (χ2n) is 4.70. The number of tetrazole rings is 1. The van der Waals surface area contributed by atoms with Gasteiger partial charge in [-0.15, -0.1) is 21.5 Å². The Bertz CT molecular complexity index is 778. The van der Waals surface area contributed by atoms with Gasteiger partial charge in [0, 0.05) is 10.4 Å². The van der Waals surface area contributed by atoms with Crippen LogP contribution in [0.2, 0.25) is 0 Å². The SMILES string of the molecule is CCc1sc(-c2ccc(C)cc2)nc1NC(=O)c1nn[nH]n1. The second kappa shape index (κ2) is 6.02. The van der Waals surface area contributed by atoms with Crippen LogP contribution in [0.5, 0.6) is 0 Å². The topological polar surface area (TPSA) is 96.5 Å². The standard InChI is InChI=1S/C14H14N6OS/c1-3-10-11(15-13(21)12-17-19-20-18-12)16-14(22-10)9-6-4-8(2)5-7-9/h4-7H,3H2,1-2H3,(H,15,21)(H,17,18,19,20). The molecule has 1 aromatic carbocycles. The molecule has 0 unspecified atom stereocenters. The number of nitrogens with zero attached hydrogens (tertiary/aromatic N) is 4. The van der Waals surface area contributed by atoms with Gasteiger partial charge >= 0.3 is 0 Å². The zero-order valence-electron chi connectivity index (χ0n) is 12.1. The maximum atomic E-state index is 12.0. The van der Waals surface area contributed by atoms with E-state index >= 15 is 0 Å². The molecule has 2 aromatic heterocycles. The number of rotatable bonds is 4. The molecule has 0 saturated heterocycles. The van der Waals surface area contributed by atoms with Crippen LogP contribution < -0.4 is 5.32 Å². The number of amides is 1. The third kappa shape index (κ3) is 2.86. The summed E-state index contributed by atoms with van der Waals surface area (Å²) < 4.78 is 0. The first-order chi connectivity index (χ1) is 10.7. The molecule has 0 aliphatic heterocycles. The maximum Gasteiger partial charge on any atom is 0.298 e.